The molecule has 1 aromatic heterocycles. The summed E-state index contributed by atoms with van der Waals surface area (Å²) >= 11 is 0. The van der Waals surface area contributed by atoms with Crippen molar-refractivity contribution in [3.63, 3.8) is 0 Å². The molecule has 0 atom stereocenters. The first-order valence-electron chi connectivity index (χ1n) is 5.92. The molecule has 4 nitrogen and oxygen atoms in total. The van der Waals surface area contributed by atoms with Gasteiger partial charge in [0, 0.05) is 17.7 Å². The van der Waals surface area contributed by atoms with Crippen molar-refractivity contribution in [2.75, 3.05) is 12.4 Å². The van der Waals surface area contributed by atoms with E-state index in [0.717, 1.165) is 17.1 Å². The number of hydrogen-bond acceptors (Lipinski definition) is 3. The fourth-order valence-electron chi connectivity index (χ4n) is 1.81. The number of nitrogens with zero attached hydrogens (tertiary/aromatic N) is 1. The van der Waals surface area contributed by atoms with E-state index >= 15 is 0 Å². The van der Waals surface area contributed by atoms with Crippen LogP contribution in [0.15, 0.2) is 24.3 Å². The molecule has 1 heterocycles. The molecule has 0 bridgehead atoms. The van der Waals surface area contributed by atoms with Gasteiger partial charge in [-0.15, -0.1) is 0 Å². The third-order valence-electron chi connectivity index (χ3n) is 2.97. The zero-order chi connectivity index (χ0) is 12.5. The highest BCUT2D eigenvalue weighted by Gasteiger charge is 2.21. The first-order chi connectivity index (χ1) is 8.76. The van der Waals surface area contributed by atoms with Crippen LogP contribution in [0.25, 0.3) is 11.3 Å². The van der Waals surface area contributed by atoms with Crippen LogP contribution in [-0.4, -0.2) is 23.3 Å². The largest absolute Gasteiger partial charge is 0.494 e. The van der Waals surface area contributed by atoms with E-state index in [-0.39, 0.29) is 11.6 Å². The Morgan fingerprint density at radius 1 is 1.39 bits per heavy atom. The average molecular weight is 247 g/mol. The van der Waals surface area contributed by atoms with Crippen molar-refractivity contribution in [2.45, 2.75) is 18.9 Å². The van der Waals surface area contributed by atoms with E-state index in [0.29, 0.717) is 6.04 Å². The van der Waals surface area contributed by atoms with Crippen molar-refractivity contribution in [2.24, 2.45) is 0 Å². The molecular formula is C13H14FN3O. The molecule has 1 aliphatic rings. The van der Waals surface area contributed by atoms with Crippen LogP contribution in [0.5, 0.6) is 5.75 Å². The maximum Gasteiger partial charge on any atom is 0.165 e. The molecule has 0 radical (unpaired) electrons. The summed E-state index contributed by atoms with van der Waals surface area (Å²) in [5.41, 5.74) is 1.55. The first-order valence-corrected chi connectivity index (χ1v) is 5.92. The Morgan fingerprint density at radius 2 is 2.22 bits per heavy atom. The predicted octanol–water partition coefficient (Wildman–Crippen LogP) is 2.80. The Morgan fingerprint density at radius 3 is 2.89 bits per heavy atom. The number of hydrogen-bond donors (Lipinski definition) is 2. The third-order valence-corrected chi connectivity index (χ3v) is 2.97. The molecule has 2 N–H and O–H groups in total. The molecule has 0 unspecified atom stereocenters. The fraction of sp³-hybridized carbons (Fsp3) is 0.308. The van der Waals surface area contributed by atoms with E-state index in [1.165, 1.54) is 26.0 Å². The Hall–Kier alpha value is -2.04. The lowest BCUT2D eigenvalue weighted by Gasteiger charge is -2.03. The van der Waals surface area contributed by atoms with Crippen molar-refractivity contribution in [3.05, 3.63) is 30.1 Å². The lowest BCUT2D eigenvalue weighted by Crippen LogP contribution is -2.00. The van der Waals surface area contributed by atoms with Gasteiger partial charge in [-0.25, -0.2) is 4.39 Å². The fourth-order valence-corrected chi connectivity index (χ4v) is 1.81. The van der Waals surface area contributed by atoms with E-state index in [9.17, 15) is 4.39 Å². The van der Waals surface area contributed by atoms with Gasteiger partial charge in [0.25, 0.3) is 0 Å². The summed E-state index contributed by atoms with van der Waals surface area (Å²) in [5.74, 6) is 0.680. The van der Waals surface area contributed by atoms with Crippen LogP contribution >= 0.6 is 0 Å². The standard InChI is InChI=1S/C13H14FN3O/c1-18-12-5-2-8(6-10(12)14)11-7-13(17-16-11)15-9-3-4-9/h2,5-7,9H,3-4H2,1H3,(H2,15,16,17). The predicted molar refractivity (Wildman–Crippen MR) is 67.2 cm³/mol. The highest BCUT2D eigenvalue weighted by atomic mass is 19.1. The molecular weight excluding hydrogens is 233 g/mol. The summed E-state index contributed by atoms with van der Waals surface area (Å²) in [5, 5.41) is 10.3. The summed E-state index contributed by atoms with van der Waals surface area (Å²) in [6.45, 7) is 0. The maximum atomic E-state index is 13.6. The van der Waals surface area contributed by atoms with E-state index in [2.05, 4.69) is 15.5 Å². The van der Waals surface area contributed by atoms with Crippen molar-refractivity contribution < 1.29 is 9.13 Å². The summed E-state index contributed by atoms with van der Waals surface area (Å²) in [6, 6.07) is 7.29. The third kappa shape index (κ3) is 2.16. The van der Waals surface area contributed by atoms with Crippen LogP contribution in [0.2, 0.25) is 0 Å². The monoisotopic (exact) mass is 247 g/mol. The van der Waals surface area contributed by atoms with Gasteiger partial charge in [0.05, 0.1) is 12.8 Å². The van der Waals surface area contributed by atoms with Crippen LogP contribution in [0, 0.1) is 5.82 Å². The second-order valence-electron chi connectivity index (χ2n) is 4.43. The smallest absolute Gasteiger partial charge is 0.165 e. The Balaban J connectivity index is 1.84. The summed E-state index contributed by atoms with van der Waals surface area (Å²) in [6.07, 6.45) is 2.39. The van der Waals surface area contributed by atoms with Gasteiger partial charge in [-0.2, -0.15) is 5.10 Å². The molecule has 0 amide bonds. The van der Waals surface area contributed by atoms with E-state index < -0.39 is 0 Å². The Bertz CT molecular complexity index is 563. The molecule has 5 heteroatoms. The molecule has 1 aliphatic carbocycles. The van der Waals surface area contributed by atoms with E-state index in [1.807, 2.05) is 6.07 Å². The SMILES string of the molecule is COc1ccc(-c2cc(NC3CC3)n[nH]2)cc1F. The van der Waals surface area contributed by atoms with Crippen molar-refractivity contribution in [3.8, 4) is 17.0 Å². The number of anilines is 1. The highest BCUT2D eigenvalue weighted by Crippen LogP contribution is 2.28. The second kappa shape index (κ2) is 4.33. The number of rotatable bonds is 4. The minimum absolute atomic E-state index is 0.245. The zero-order valence-corrected chi connectivity index (χ0v) is 10.0. The van der Waals surface area contributed by atoms with Gasteiger partial charge >= 0.3 is 0 Å². The molecule has 1 fully saturated rings. The number of benzene rings is 1. The quantitative estimate of drug-likeness (QED) is 0.873. The maximum absolute atomic E-state index is 13.6. The van der Waals surface area contributed by atoms with Crippen LogP contribution in [0.1, 0.15) is 12.8 Å². The number of ether oxygens (including phenoxy) is 1. The minimum atomic E-state index is -0.374. The Labute approximate surface area is 104 Å². The molecule has 0 aliphatic heterocycles. The molecule has 0 saturated heterocycles. The van der Waals surface area contributed by atoms with Crippen molar-refractivity contribution in [1.82, 2.24) is 10.2 Å². The number of methoxy groups -OCH3 is 1. The van der Waals surface area contributed by atoms with E-state index in [4.69, 9.17) is 4.74 Å². The number of nitrogens with one attached hydrogen (secondary N) is 2. The summed E-state index contributed by atoms with van der Waals surface area (Å²) in [4.78, 5) is 0. The van der Waals surface area contributed by atoms with Gasteiger partial charge in [-0.1, -0.05) is 0 Å². The second-order valence-corrected chi connectivity index (χ2v) is 4.43. The molecule has 94 valence electrons. The normalized spacial score (nSPS) is 14.6. The Kier molecular flexibility index (Phi) is 2.66. The molecule has 1 saturated carbocycles. The summed E-state index contributed by atoms with van der Waals surface area (Å²) in [7, 11) is 1.45. The molecule has 3 rings (SSSR count). The minimum Gasteiger partial charge on any atom is -0.494 e. The van der Waals surface area contributed by atoms with Gasteiger partial charge in [-0.3, -0.25) is 5.10 Å². The number of aromatic nitrogens is 2. The number of aromatic amines is 1. The van der Waals surface area contributed by atoms with Gasteiger partial charge in [0.2, 0.25) is 0 Å². The molecule has 0 spiro atoms. The van der Waals surface area contributed by atoms with Crippen molar-refractivity contribution >= 4 is 5.82 Å². The van der Waals surface area contributed by atoms with E-state index in [1.54, 1.807) is 12.1 Å². The van der Waals surface area contributed by atoms with Crippen molar-refractivity contribution in [1.29, 1.82) is 0 Å². The van der Waals surface area contributed by atoms with Gasteiger partial charge in [0.15, 0.2) is 11.6 Å². The van der Waals surface area contributed by atoms with Crippen LogP contribution in [0.3, 0.4) is 0 Å². The van der Waals surface area contributed by atoms with Crippen LogP contribution in [0.4, 0.5) is 10.2 Å². The van der Waals surface area contributed by atoms with Crippen LogP contribution in [-0.2, 0) is 0 Å². The first kappa shape index (κ1) is 11.1. The topological polar surface area (TPSA) is 49.9 Å². The zero-order valence-electron chi connectivity index (χ0n) is 10.0. The highest BCUT2D eigenvalue weighted by molar-refractivity contribution is 5.63. The van der Waals surface area contributed by atoms with Gasteiger partial charge in [0.1, 0.15) is 5.82 Å². The average Bonchev–Trinajstić information content (AvgIpc) is 3.05. The molecule has 2 aromatic rings. The van der Waals surface area contributed by atoms with Gasteiger partial charge < -0.3 is 10.1 Å². The number of halogens is 1. The number of H-pyrrole nitrogens is 1. The summed E-state index contributed by atoms with van der Waals surface area (Å²) < 4.78 is 18.5. The lowest BCUT2D eigenvalue weighted by atomic mass is 10.1. The van der Waals surface area contributed by atoms with Crippen LogP contribution < -0.4 is 10.1 Å². The molecule has 1 aromatic carbocycles. The van der Waals surface area contributed by atoms with Gasteiger partial charge in [-0.05, 0) is 31.0 Å². The lowest BCUT2D eigenvalue weighted by molar-refractivity contribution is 0.386. The molecule has 18 heavy (non-hydrogen) atoms.